The Bertz CT molecular complexity index is 893. The first-order valence-corrected chi connectivity index (χ1v) is 11.7. The standard InChI is InChI=1S/C20H28N4O5S/c1-15-12-23(13-16(2)29-15)30(27,28)11-10-21-20(26)18-8-9-19(25)24(22-18)14-17-6-4-3-5-7-17/h3-7,15-16H,8-14H2,1-2H3,(H,21,26)/t15-,16-/m0/s1. The minimum Gasteiger partial charge on any atom is -0.373 e. The van der Waals surface area contributed by atoms with Crippen molar-refractivity contribution in [3.05, 3.63) is 35.9 Å². The highest BCUT2D eigenvalue weighted by Crippen LogP contribution is 2.15. The summed E-state index contributed by atoms with van der Waals surface area (Å²) in [6.45, 7) is 4.56. The fourth-order valence-electron chi connectivity index (χ4n) is 3.53. The van der Waals surface area contributed by atoms with E-state index in [1.807, 2.05) is 44.2 Å². The van der Waals surface area contributed by atoms with Gasteiger partial charge >= 0.3 is 0 Å². The molecular formula is C20H28N4O5S. The predicted molar refractivity (Wildman–Crippen MR) is 112 cm³/mol. The van der Waals surface area contributed by atoms with Gasteiger partial charge < -0.3 is 10.1 Å². The molecule has 0 unspecified atom stereocenters. The summed E-state index contributed by atoms with van der Waals surface area (Å²) in [6, 6.07) is 9.40. The van der Waals surface area contributed by atoms with E-state index in [0.717, 1.165) is 5.56 Å². The van der Waals surface area contributed by atoms with Crippen molar-refractivity contribution in [2.75, 3.05) is 25.4 Å². The quantitative estimate of drug-likeness (QED) is 0.678. The highest BCUT2D eigenvalue weighted by molar-refractivity contribution is 7.89. The van der Waals surface area contributed by atoms with Gasteiger partial charge in [0, 0.05) is 32.5 Å². The number of nitrogens with zero attached hydrogens (tertiary/aromatic N) is 3. The SMILES string of the molecule is C[C@H]1CN(S(=O)(=O)CCNC(=O)C2=NN(Cc3ccccc3)C(=O)CC2)C[C@H](C)O1. The first-order chi connectivity index (χ1) is 14.2. The second kappa shape index (κ2) is 9.67. The van der Waals surface area contributed by atoms with E-state index >= 15 is 0 Å². The highest BCUT2D eigenvalue weighted by atomic mass is 32.2. The molecule has 0 radical (unpaired) electrons. The topological polar surface area (TPSA) is 108 Å². The second-order valence-corrected chi connectivity index (χ2v) is 9.72. The first kappa shape index (κ1) is 22.4. The van der Waals surface area contributed by atoms with Crippen LogP contribution in [0.2, 0.25) is 0 Å². The summed E-state index contributed by atoms with van der Waals surface area (Å²) in [4.78, 5) is 24.6. The average Bonchev–Trinajstić information content (AvgIpc) is 2.69. The number of morpholine rings is 1. The van der Waals surface area contributed by atoms with Gasteiger partial charge in [0.15, 0.2) is 0 Å². The minimum absolute atomic E-state index is 0.0209. The van der Waals surface area contributed by atoms with Crippen LogP contribution < -0.4 is 5.32 Å². The largest absolute Gasteiger partial charge is 0.373 e. The highest BCUT2D eigenvalue weighted by Gasteiger charge is 2.31. The van der Waals surface area contributed by atoms with E-state index in [1.54, 1.807) is 0 Å². The van der Waals surface area contributed by atoms with E-state index < -0.39 is 15.9 Å². The molecule has 0 aromatic heterocycles. The van der Waals surface area contributed by atoms with Crippen LogP contribution in [0.5, 0.6) is 0 Å². The molecule has 3 rings (SSSR count). The molecule has 0 bridgehead atoms. The molecule has 164 valence electrons. The van der Waals surface area contributed by atoms with Gasteiger partial charge in [-0.1, -0.05) is 30.3 Å². The zero-order valence-electron chi connectivity index (χ0n) is 17.3. The van der Waals surface area contributed by atoms with E-state index in [0.29, 0.717) is 13.1 Å². The molecule has 10 heteroatoms. The van der Waals surface area contributed by atoms with Crippen LogP contribution in [-0.4, -0.2) is 72.9 Å². The molecule has 30 heavy (non-hydrogen) atoms. The number of hydrogen-bond acceptors (Lipinski definition) is 6. The number of hydrogen-bond donors (Lipinski definition) is 1. The van der Waals surface area contributed by atoms with Crippen molar-refractivity contribution in [2.45, 2.75) is 45.4 Å². The van der Waals surface area contributed by atoms with Gasteiger partial charge in [0.25, 0.3) is 5.91 Å². The van der Waals surface area contributed by atoms with Crippen LogP contribution in [-0.2, 0) is 30.9 Å². The van der Waals surface area contributed by atoms with Crippen molar-refractivity contribution < 1.29 is 22.7 Å². The van der Waals surface area contributed by atoms with Crippen LogP contribution in [0.15, 0.2) is 35.4 Å². The zero-order valence-corrected chi connectivity index (χ0v) is 18.1. The number of hydrazone groups is 1. The molecule has 2 aliphatic heterocycles. The Kier molecular flexibility index (Phi) is 7.22. The smallest absolute Gasteiger partial charge is 0.267 e. The van der Waals surface area contributed by atoms with E-state index in [1.165, 1.54) is 9.31 Å². The van der Waals surface area contributed by atoms with Gasteiger partial charge in [0.05, 0.1) is 24.5 Å². The van der Waals surface area contributed by atoms with Crippen LogP contribution in [0.1, 0.15) is 32.3 Å². The minimum atomic E-state index is -3.50. The summed E-state index contributed by atoms with van der Waals surface area (Å²) in [5, 5.41) is 8.11. The molecule has 9 nitrogen and oxygen atoms in total. The van der Waals surface area contributed by atoms with Crippen molar-refractivity contribution in [2.24, 2.45) is 5.10 Å². The van der Waals surface area contributed by atoms with Gasteiger partial charge in [-0.2, -0.15) is 9.41 Å². The normalized spacial score (nSPS) is 23.2. The summed E-state index contributed by atoms with van der Waals surface area (Å²) in [6.07, 6.45) is 0.105. The third kappa shape index (κ3) is 5.87. The van der Waals surface area contributed by atoms with Crippen LogP contribution >= 0.6 is 0 Å². The molecule has 0 spiro atoms. The van der Waals surface area contributed by atoms with Gasteiger partial charge in [0.2, 0.25) is 15.9 Å². The molecule has 2 aliphatic rings. The van der Waals surface area contributed by atoms with Crippen molar-refractivity contribution >= 4 is 27.5 Å². The molecule has 1 aromatic rings. The zero-order chi connectivity index (χ0) is 21.7. The fraction of sp³-hybridized carbons (Fsp3) is 0.550. The van der Waals surface area contributed by atoms with Gasteiger partial charge in [-0.05, 0) is 19.4 Å². The van der Waals surface area contributed by atoms with E-state index in [-0.39, 0.29) is 55.5 Å². The Labute approximate surface area is 177 Å². The third-order valence-electron chi connectivity index (χ3n) is 4.97. The first-order valence-electron chi connectivity index (χ1n) is 10.1. The van der Waals surface area contributed by atoms with Gasteiger partial charge in [-0.15, -0.1) is 0 Å². The summed E-state index contributed by atoms with van der Waals surface area (Å²) >= 11 is 0. The van der Waals surface area contributed by atoms with Gasteiger partial charge in [-0.3, -0.25) is 9.59 Å². The Morgan fingerprint density at radius 1 is 1.17 bits per heavy atom. The Balaban J connectivity index is 1.55. The number of amides is 2. The van der Waals surface area contributed by atoms with Crippen LogP contribution in [0.3, 0.4) is 0 Å². The van der Waals surface area contributed by atoms with Crippen molar-refractivity contribution in [1.29, 1.82) is 0 Å². The Morgan fingerprint density at radius 2 is 1.83 bits per heavy atom. The Hall–Kier alpha value is -2.30. The fourth-order valence-corrected chi connectivity index (χ4v) is 5.02. The number of benzene rings is 1. The Morgan fingerprint density at radius 3 is 2.50 bits per heavy atom. The average molecular weight is 437 g/mol. The molecule has 1 saturated heterocycles. The maximum atomic E-state index is 12.6. The summed E-state index contributed by atoms with van der Waals surface area (Å²) in [5.74, 6) is -0.786. The monoisotopic (exact) mass is 436 g/mol. The van der Waals surface area contributed by atoms with Crippen molar-refractivity contribution in [1.82, 2.24) is 14.6 Å². The van der Waals surface area contributed by atoms with Crippen LogP contribution in [0, 0.1) is 0 Å². The number of carbonyl (C=O) groups is 2. The number of ether oxygens (including phenoxy) is 1. The van der Waals surface area contributed by atoms with Crippen molar-refractivity contribution in [3.8, 4) is 0 Å². The van der Waals surface area contributed by atoms with E-state index in [2.05, 4.69) is 10.4 Å². The maximum absolute atomic E-state index is 12.6. The maximum Gasteiger partial charge on any atom is 0.267 e. The number of nitrogens with one attached hydrogen (secondary N) is 1. The molecule has 2 heterocycles. The number of rotatable bonds is 7. The summed E-state index contributed by atoms with van der Waals surface area (Å²) in [5.41, 5.74) is 1.15. The molecule has 1 fully saturated rings. The van der Waals surface area contributed by atoms with Crippen molar-refractivity contribution in [3.63, 3.8) is 0 Å². The predicted octanol–water partition coefficient (Wildman–Crippen LogP) is 0.720. The lowest BCUT2D eigenvalue weighted by atomic mass is 10.1. The lowest BCUT2D eigenvalue weighted by Crippen LogP contribution is -2.50. The second-order valence-electron chi connectivity index (χ2n) is 7.63. The van der Waals surface area contributed by atoms with E-state index in [4.69, 9.17) is 4.74 Å². The molecule has 1 aromatic carbocycles. The van der Waals surface area contributed by atoms with Gasteiger partial charge in [0.1, 0.15) is 5.71 Å². The molecular weight excluding hydrogens is 408 g/mol. The van der Waals surface area contributed by atoms with Crippen LogP contribution in [0.25, 0.3) is 0 Å². The number of sulfonamides is 1. The molecule has 1 N–H and O–H groups in total. The molecule has 0 saturated carbocycles. The lowest BCUT2D eigenvalue weighted by Gasteiger charge is -2.34. The lowest BCUT2D eigenvalue weighted by molar-refractivity contribution is -0.132. The third-order valence-corrected chi connectivity index (χ3v) is 6.77. The van der Waals surface area contributed by atoms with Gasteiger partial charge in [-0.25, -0.2) is 13.4 Å². The summed E-state index contributed by atoms with van der Waals surface area (Å²) in [7, 11) is -3.50. The summed E-state index contributed by atoms with van der Waals surface area (Å²) < 4.78 is 32.1. The molecule has 2 atom stereocenters. The van der Waals surface area contributed by atoms with E-state index in [9.17, 15) is 18.0 Å². The molecule has 2 amide bonds. The number of carbonyl (C=O) groups excluding carboxylic acids is 2. The van der Waals surface area contributed by atoms with Crippen LogP contribution in [0.4, 0.5) is 0 Å². The molecule has 0 aliphatic carbocycles.